The van der Waals surface area contributed by atoms with E-state index >= 15 is 0 Å². The van der Waals surface area contributed by atoms with Crippen LogP contribution in [-0.2, 0) is 6.42 Å². The van der Waals surface area contributed by atoms with Crippen LogP contribution in [0.5, 0.6) is 0 Å². The molecule has 3 heterocycles. The Labute approximate surface area is 136 Å². The summed E-state index contributed by atoms with van der Waals surface area (Å²) in [7, 11) is 0. The standard InChI is InChI=1S/C16H26N4OS/c17-7-4-15-18-14(12-22-15)16(21)20-10-5-13(6-11-20)19-8-2-1-3-9-19/h12-13H,1-11,17H2. The van der Waals surface area contributed by atoms with Crippen molar-refractivity contribution >= 4 is 17.2 Å². The average molecular weight is 322 g/mol. The Morgan fingerprint density at radius 3 is 2.64 bits per heavy atom. The molecule has 22 heavy (non-hydrogen) atoms. The zero-order valence-corrected chi connectivity index (χ0v) is 14.0. The molecule has 0 atom stereocenters. The van der Waals surface area contributed by atoms with Crippen LogP contribution in [0, 0.1) is 0 Å². The summed E-state index contributed by atoms with van der Waals surface area (Å²) in [5.41, 5.74) is 6.14. The summed E-state index contributed by atoms with van der Waals surface area (Å²) < 4.78 is 0. The van der Waals surface area contributed by atoms with Crippen molar-refractivity contribution in [3.05, 3.63) is 16.1 Å². The second-order valence-electron chi connectivity index (χ2n) is 6.29. The third-order valence-corrected chi connectivity index (χ3v) is 5.70. The first-order valence-electron chi connectivity index (χ1n) is 8.45. The molecule has 2 aliphatic rings. The molecule has 0 aliphatic carbocycles. The highest BCUT2D eigenvalue weighted by molar-refractivity contribution is 7.09. The first-order valence-corrected chi connectivity index (χ1v) is 9.33. The zero-order valence-electron chi connectivity index (χ0n) is 13.2. The van der Waals surface area contributed by atoms with Crippen molar-refractivity contribution in [2.24, 2.45) is 5.73 Å². The fraction of sp³-hybridized carbons (Fsp3) is 0.750. The molecule has 2 aliphatic heterocycles. The van der Waals surface area contributed by atoms with Crippen molar-refractivity contribution in [2.45, 2.75) is 44.6 Å². The number of nitrogens with two attached hydrogens (primary N) is 1. The molecule has 3 rings (SSSR count). The Balaban J connectivity index is 1.52. The van der Waals surface area contributed by atoms with Gasteiger partial charge in [0.1, 0.15) is 5.69 Å². The number of aromatic nitrogens is 1. The van der Waals surface area contributed by atoms with Crippen molar-refractivity contribution in [2.75, 3.05) is 32.7 Å². The van der Waals surface area contributed by atoms with E-state index in [-0.39, 0.29) is 5.91 Å². The number of amides is 1. The van der Waals surface area contributed by atoms with Crippen molar-refractivity contribution in [3.63, 3.8) is 0 Å². The summed E-state index contributed by atoms with van der Waals surface area (Å²) >= 11 is 1.54. The molecular weight excluding hydrogens is 296 g/mol. The third-order valence-electron chi connectivity index (χ3n) is 4.79. The Kier molecular flexibility index (Phi) is 5.44. The van der Waals surface area contributed by atoms with Crippen LogP contribution in [0.4, 0.5) is 0 Å². The molecule has 6 heteroatoms. The van der Waals surface area contributed by atoms with Crippen molar-refractivity contribution < 1.29 is 4.79 Å². The van der Waals surface area contributed by atoms with Crippen LogP contribution in [0.25, 0.3) is 0 Å². The molecule has 2 N–H and O–H groups in total. The molecule has 2 fully saturated rings. The summed E-state index contributed by atoms with van der Waals surface area (Å²) in [5.74, 6) is 0.0941. The molecular formula is C16H26N4OS. The second-order valence-corrected chi connectivity index (χ2v) is 7.23. The number of carbonyl (C=O) groups is 1. The van der Waals surface area contributed by atoms with Crippen LogP contribution < -0.4 is 5.73 Å². The normalized spacial score (nSPS) is 21.2. The zero-order chi connectivity index (χ0) is 15.4. The maximum Gasteiger partial charge on any atom is 0.273 e. The molecule has 1 amide bonds. The maximum absolute atomic E-state index is 12.5. The summed E-state index contributed by atoms with van der Waals surface area (Å²) in [4.78, 5) is 21.6. The van der Waals surface area contributed by atoms with E-state index in [1.807, 2.05) is 10.3 Å². The van der Waals surface area contributed by atoms with Gasteiger partial charge in [-0.25, -0.2) is 4.98 Å². The molecule has 0 spiro atoms. The Hall–Kier alpha value is -0.980. The number of likely N-dealkylation sites (tertiary alicyclic amines) is 2. The second kappa shape index (κ2) is 7.53. The maximum atomic E-state index is 12.5. The minimum Gasteiger partial charge on any atom is -0.337 e. The largest absolute Gasteiger partial charge is 0.337 e. The van der Waals surface area contributed by atoms with E-state index in [2.05, 4.69) is 9.88 Å². The highest BCUT2D eigenvalue weighted by Crippen LogP contribution is 2.22. The van der Waals surface area contributed by atoms with Gasteiger partial charge in [-0.15, -0.1) is 11.3 Å². The van der Waals surface area contributed by atoms with Crippen molar-refractivity contribution in [3.8, 4) is 0 Å². The Morgan fingerprint density at radius 2 is 1.95 bits per heavy atom. The van der Waals surface area contributed by atoms with E-state index in [9.17, 15) is 4.79 Å². The molecule has 0 bridgehead atoms. The van der Waals surface area contributed by atoms with E-state index in [1.165, 1.54) is 32.4 Å². The van der Waals surface area contributed by atoms with Gasteiger partial charge < -0.3 is 15.5 Å². The third kappa shape index (κ3) is 3.67. The monoisotopic (exact) mass is 322 g/mol. The van der Waals surface area contributed by atoms with Crippen LogP contribution in [0.1, 0.15) is 47.6 Å². The number of hydrogen-bond donors (Lipinski definition) is 1. The first kappa shape index (κ1) is 15.9. The fourth-order valence-electron chi connectivity index (χ4n) is 3.53. The van der Waals surface area contributed by atoms with Gasteiger partial charge in [0, 0.05) is 30.9 Å². The summed E-state index contributed by atoms with van der Waals surface area (Å²) in [6.07, 6.45) is 7.01. The summed E-state index contributed by atoms with van der Waals surface area (Å²) in [6.45, 7) is 4.80. The van der Waals surface area contributed by atoms with E-state index in [1.54, 1.807) is 11.3 Å². The number of thiazole rings is 1. The molecule has 0 saturated carbocycles. The number of piperidine rings is 2. The van der Waals surface area contributed by atoms with Gasteiger partial charge in [0.25, 0.3) is 5.91 Å². The minimum absolute atomic E-state index is 0.0941. The lowest BCUT2D eigenvalue weighted by atomic mass is 10.00. The number of rotatable bonds is 4. The smallest absolute Gasteiger partial charge is 0.273 e. The van der Waals surface area contributed by atoms with Gasteiger partial charge in [-0.2, -0.15) is 0 Å². The predicted molar refractivity (Wildman–Crippen MR) is 89.2 cm³/mol. The van der Waals surface area contributed by atoms with E-state index < -0.39 is 0 Å². The van der Waals surface area contributed by atoms with Gasteiger partial charge in [0.2, 0.25) is 0 Å². The lowest BCUT2D eigenvalue weighted by molar-refractivity contribution is 0.0585. The molecule has 122 valence electrons. The SMILES string of the molecule is NCCc1nc(C(=O)N2CCC(N3CCCCC3)CC2)cs1. The molecule has 0 unspecified atom stereocenters. The first-order chi connectivity index (χ1) is 10.8. The van der Waals surface area contributed by atoms with Crippen molar-refractivity contribution in [1.29, 1.82) is 0 Å². The molecule has 0 radical (unpaired) electrons. The van der Waals surface area contributed by atoms with Crippen LogP contribution in [0.3, 0.4) is 0 Å². The van der Waals surface area contributed by atoms with Crippen LogP contribution in [0.2, 0.25) is 0 Å². The van der Waals surface area contributed by atoms with Gasteiger partial charge in [0.15, 0.2) is 0 Å². The van der Waals surface area contributed by atoms with Crippen LogP contribution in [0.15, 0.2) is 5.38 Å². The molecule has 1 aromatic heterocycles. The fourth-order valence-corrected chi connectivity index (χ4v) is 4.31. The topological polar surface area (TPSA) is 62.5 Å². The summed E-state index contributed by atoms with van der Waals surface area (Å²) in [5, 5.41) is 2.85. The predicted octanol–water partition coefficient (Wildman–Crippen LogP) is 1.73. The highest BCUT2D eigenvalue weighted by Gasteiger charge is 2.28. The number of hydrogen-bond acceptors (Lipinski definition) is 5. The highest BCUT2D eigenvalue weighted by atomic mass is 32.1. The lowest BCUT2D eigenvalue weighted by Crippen LogP contribution is -2.48. The lowest BCUT2D eigenvalue weighted by Gasteiger charge is -2.40. The van der Waals surface area contributed by atoms with E-state index in [0.717, 1.165) is 37.4 Å². The molecule has 2 saturated heterocycles. The molecule has 0 aromatic carbocycles. The van der Waals surface area contributed by atoms with Gasteiger partial charge in [0.05, 0.1) is 5.01 Å². The summed E-state index contributed by atoms with van der Waals surface area (Å²) in [6, 6.07) is 0.674. The van der Waals surface area contributed by atoms with Crippen molar-refractivity contribution in [1.82, 2.24) is 14.8 Å². The Bertz CT molecular complexity index is 490. The number of carbonyl (C=O) groups excluding carboxylic acids is 1. The molecule has 1 aromatic rings. The van der Waals surface area contributed by atoms with E-state index in [4.69, 9.17) is 5.73 Å². The minimum atomic E-state index is 0.0941. The van der Waals surface area contributed by atoms with Gasteiger partial charge >= 0.3 is 0 Å². The van der Waals surface area contributed by atoms with E-state index in [0.29, 0.717) is 18.3 Å². The van der Waals surface area contributed by atoms with Gasteiger partial charge in [-0.05, 0) is 45.3 Å². The van der Waals surface area contributed by atoms with Crippen LogP contribution >= 0.6 is 11.3 Å². The quantitative estimate of drug-likeness (QED) is 0.917. The van der Waals surface area contributed by atoms with Gasteiger partial charge in [-0.3, -0.25) is 4.79 Å². The molecule has 5 nitrogen and oxygen atoms in total. The average Bonchev–Trinajstić information content (AvgIpc) is 3.04. The number of nitrogens with zero attached hydrogens (tertiary/aromatic N) is 3. The van der Waals surface area contributed by atoms with Crippen LogP contribution in [-0.4, -0.2) is 59.5 Å². The Morgan fingerprint density at radius 1 is 1.23 bits per heavy atom. The van der Waals surface area contributed by atoms with Gasteiger partial charge in [-0.1, -0.05) is 6.42 Å².